The van der Waals surface area contributed by atoms with E-state index in [0.29, 0.717) is 6.42 Å². The summed E-state index contributed by atoms with van der Waals surface area (Å²) in [5.41, 5.74) is 1.36. The first-order valence-electron chi connectivity index (χ1n) is 4.43. The highest BCUT2D eigenvalue weighted by atomic mass is 16.5. The Hall–Kier alpha value is -0.790. The molecule has 0 N–H and O–H groups in total. The number of ether oxygens (including phenoxy) is 1. The second-order valence-corrected chi connectivity index (χ2v) is 2.92. The number of methoxy groups -OCH3 is 1. The zero-order valence-corrected chi connectivity index (χ0v) is 8.22. The summed E-state index contributed by atoms with van der Waals surface area (Å²) in [5, 5.41) is 0. The molecule has 0 amide bonds. The maximum Gasteiger partial charge on any atom is 0.305 e. The van der Waals surface area contributed by atoms with E-state index < -0.39 is 0 Å². The van der Waals surface area contributed by atoms with Crippen molar-refractivity contribution in [3.05, 3.63) is 11.6 Å². The molecule has 0 radical (unpaired) electrons. The van der Waals surface area contributed by atoms with Crippen LogP contribution in [0.5, 0.6) is 0 Å². The lowest BCUT2D eigenvalue weighted by molar-refractivity contribution is -0.140. The minimum Gasteiger partial charge on any atom is -0.469 e. The van der Waals surface area contributed by atoms with Gasteiger partial charge in [-0.2, -0.15) is 0 Å². The van der Waals surface area contributed by atoms with E-state index in [1.54, 1.807) is 0 Å². The van der Waals surface area contributed by atoms with E-state index >= 15 is 0 Å². The molecule has 0 atom stereocenters. The molecule has 0 aliphatic carbocycles. The monoisotopic (exact) mass is 170 g/mol. The van der Waals surface area contributed by atoms with Gasteiger partial charge >= 0.3 is 5.97 Å². The number of hydrogen-bond donors (Lipinski definition) is 0. The van der Waals surface area contributed by atoms with Gasteiger partial charge in [0.25, 0.3) is 0 Å². The number of hydrogen-bond acceptors (Lipinski definition) is 2. The molecule has 0 aliphatic rings. The number of carbonyl (C=O) groups is 1. The Morgan fingerprint density at radius 1 is 1.42 bits per heavy atom. The van der Waals surface area contributed by atoms with Crippen molar-refractivity contribution >= 4 is 5.97 Å². The Bertz CT molecular complexity index is 159. The molecule has 0 unspecified atom stereocenters. The van der Waals surface area contributed by atoms with E-state index in [-0.39, 0.29) is 5.97 Å². The fraction of sp³-hybridized carbons (Fsp3) is 0.700. The van der Waals surface area contributed by atoms with Gasteiger partial charge in [-0.15, -0.1) is 0 Å². The summed E-state index contributed by atoms with van der Waals surface area (Å²) >= 11 is 0. The molecule has 0 heterocycles. The fourth-order valence-electron chi connectivity index (χ4n) is 1.03. The molecule has 2 heteroatoms. The standard InChI is InChI=1S/C10H18O2/c1-4-6-9(2)7-5-8-10(11)12-3/h7H,4-6,8H2,1-3H3/b9-7+. The molecule has 0 spiro atoms. The second-order valence-electron chi connectivity index (χ2n) is 2.92. The van der Waals surface area contributed by atoms with Gasteiger partial charge in [-0.1, -0.05) is 25.0 Å². The first-order chi connectivity index (χ1) is 5.70. The molecule has 12 heavy (non-hydrogen) atoms. The van der Waals surface area contributed by atoms with Crippen LogP contribution in [0.15, 0.2) is 11.6 Å². The predicted octanol–water partition coefficient (Wildman–Crippen LogP) is 2.69. The van der Waals surface area contributed by atoms with Crippen LogP contribution >= 0.6 is 0 Å². The zero-order chi connectivity index (χ0) is 9.40. The van der Waals surface area contributed by atoms with Crippen molar-refractivity contribution < 1.29 is 9.53 Å². The summed E-state index contributed by atoms with van der Waals surface area (Å²) in [5.74, 6) is -0.129. The van der Waals surface area contributed by atoms with Crippen LogP contribution < -0.4 is 0 Å². The third-order valence-electron chi connectivity index (χ3n) is 1.71. The summed E-state index contributed by atoms with van der Waals surface area (Å²) in [6, 6.07) is 0. The van der Waals surface area contributed by atoms with Gasteiger partial charge in [0.05, 0.1) is 7.11 Å². The molecule has 0 aromatic rings. The Morgan fingerprint density at radius 2 is 2.08 bits per heavy atom. The van der Waals surface area contributed by atoms with Gasteiger partial charge in [-0.05, 0) is 19.8 Å². The van der Waals surface area contributed by atoms with Crippen molar-refractivity contribution in [2.45, 2.75) is 39.5 Å². The summed E-state index contributed by atoms with van der Waals surface area (Å²) in [4.78, 5) is 10.7. The van der Waals surface area contributed by atoms with Crippen LogP contribution in [0.4, 0.5) is 0 Å². The lowest BCUT2D eigenvalue weighted by atomic mass is 10.1. The van der Waals surface area contributed by atoms with Crippen molar-refractivity contribution in [2.75, 3.05) is 7.11 Å². The molecule has 0 aliphatic heterocycles. The molecule has 0 bridgehead atoms. The van der Waals surface area contributed by atoms with Crippen LogP contribution in [0.1, 0.15) is 39.5 Å². The molecule has 0 aromatic carbocycles. The van der Waals surface area contributed by atoms with Gasteiger partial charge in [0, 0.05) is 6.42 Å². The summed E-state index contributed by atoms with van der Waals surface area (Å²) in [6.07, 6.45) is 5.71. The number of esters is 1. The topological polar surface area (TPSA) is 26.3 Å². The van der Waals surface area contributed by atoms with E-state index in [4.69, 9.17) is 0 Å². The second kappa shape index (κ2) is 6.89. The highest BCUT2D eigenvalue weighted by molar-refractivity contribution is 5.69. The molecule has 0 saturated carbocycles. The highest BCUT2D eigenvalue weighted by Gasteiger charge is 1.96. The van der Waals surface area contributed by atoms with Gasteiger partial charge < -0.3 is 4.74 Å². The minimum absolute atomic E-state index is 0.129. The third kappa shape index (κ3) is 5.96. The van der Waals surface area contributed by atoms with Crippen molar-refractivity contribution in [2.24, 2.45) is 0 Å². The molecular weight excluding hydrogens is 152 g/mol. The zero-order valence-electron chi connectivity index (χ0n) is 8.22. The van der Waals surface area contributed by atoms with Gasteiger partial charge in [-0.25, -0.2) is 0 Å². The van der Waals surface area contributed by atoms with E-state index in [0.717, 1.165) is 12.8 Å². The lowest BCUT2D eigenvalue weighted by Crippen LogP contribution is -1.98. The molecule has 0 fully saturated rings. The van der Waals surface area contributed by atoms with Crippen LogP contribution in [0.25, 0.3) is 0 Å². The van der Waals surface area contributed by atoms with Crippen molar-refractivity contribution in [1.82, 2.24) is 0 Å². The Morgan fingerprint density at radius 3 is 2.58 bits per heavy atom. The van der Waals surface area contributed by atoms with Crippen LogP contribution in [0.2, 0.25) is 0 Å². The molecule has 0 saturated heterocycles. The number of carbonyl (C=O) groups excluding carboxylic acids is 1. The summed E-state index contributed by atoms with van der Waals surface area (Å²) < 4.78 is 4.52. The average Bonchev–Trinajstić information content (AvgIpc) is 2.04. The fourth-order valence-corrected chi connectivity index (χ4v) is 1.03. The first kappa shape index (κ1) is 11.2. The van der Waals surface area contributed by atoms with E-state index in [2.05, 4.69) is 24.7 Å². The third-order valence-corrected chi connectivity index (χ3v) is 1.71. The molecule has 0 aromatic heterocycles. The number of rotatable bonds is 5. The highest BCUT2D eigenvalue weighted by Crippen LogP contribution is 2.05. The van der Waals surface area contributed by atoms with E-state index in [1.807, 2.05) is 0 Å². The van der Waals surface area contributed by atoms with Crippen LogP contribution in [-0.2, 0) is 9.53 Å². The Kier molecular flexibility index (Phi) is 6.44. The lowest BCUT2D eigenvalue weighted by Gasteiger charge is -1.98. The summed E-state index contributed by atoms with van der Waals surface area (Å²) in [6.45, 7) is 4.25. The van der Waals surface area contributed by atoms with Crippen molar-refractivity contribution in [1.29, 1.82) is 0 Å². The summed E-state index contributed by atoms with van der Waals surface area (Å²) in [7, 11) is 1.42. The van der Waals surface area contributed by atoms with Gasteiger partial charge in [0.2, 0.25) is 0 Å². The maximum absolute atomic E-state index is 10.7. The normalized spacial score (nSPS) is 11.4. The van der Waals surface area contributed by atoms with Crippen LogP contribution in [0.3, 0.4) is 0 Å². The quantitative estimate of drug-likeness (QED) is 0.468. The predicted molar refractivity (Wildman–Crippen MR) is 49.9 cm³/mol. The maximum atomic E-state index is 10.7. The Balaban J connectivity index is 3.52. The van der Waals surface area contributed by atoms with E-state index in [9.17, 15) is 4.79 Å². The van der Waals surface area contributed by atoms with Crippen molar-refractivity contribution in [3.63, 3.8) is 0 Å². The minimum atomic E-state index is -0.129. The Labute approximate surface area is 74.6 Å². The largest absolute Gasteiger partial charge is 0.469 e. The van der Waals surface area contributed by atoms with Crippen LogP contribution in [-0.4, -0.2) is 13.1 Å². The first-order valence-corrected chi connectivity index (χ1v) is 4.43. The van der Waals surface area contributed by atoms with Gasteiger partial charge in [0.1, 0.15) is 0 Å². The van der Waals surface area contributed by atoms with Gasteiger partial charge in [0.15, 0.2) is 0 Å². The molecular formula is C10H18O2. The van der Waals surface area contributed by atoms with Crippen LogP contribution in [0, 0.1) is 0 Å². The SMILES string of the molecule is CCC/C(C)=C/CCC(=O)OC. The number of allylic oxidation sites excluding steroid dienone is 2. The molecule has 70 valence electrons. The van der Waals surface area contributed by atoms with Gasteiger partial charge in [-0.3, -0.25) is 4.79 Å². The smallest absolute Gasteiger partial charge is 0.305 e. The molecule has 2 nitrogen and oxygen atoms in total. The van der Waals surface area contributed by atoms with E-state index in [1.165, 1.54) is 19.1 Å². The van der Waals surface area contributed by atoms with Crippen molar-refractivity contribution in [3.8, 4) is 0 Å². The molecule has 0 rings (SSSR count). The average molecular weight is 170 g/mol.